The van der Waals surface area contributed by atoms with E-state index in [0.29, 0.717) is 6.54 Å². The Balaban J connectivity index is 2.09. The molecule has 1 atom stereocenters. The smallest absolute Gasteiger partial charge is 0.451 e. The van der Waals surface area contributed by atoms with Crippen molar-refractivity contribution in [3.05, 3.63) is 11.6 Å². The lowest BCUT2D eigenvalue weighted by Crippen LogP contribution is -2.41. The molecule has 112 valence electrons. The molecule has 1 aliphatic heterocycles. The number of methoxy groups -OCH3 is 1. The highest BCUT2D eigenvalue weighted by atomic mass is 19.4. The normalized spacial score (nSPS) is 17.6. The van der Waals surface area contributed by atoms with Crippen LogP contribution in [0.1, 0.15) is 25.0 Å². The minimum absolute atomic E-state index is 0.123. The summed E-state index contributed by atoms with van der Waals surface area (Å²) in [7, 11) is 1.30. The molecule has 6 nitrogen and oxygen atoms in total. The zero-order chi connectivity index (χ0) is 14.9. The molecule has 0 fully saturated rings. The molecule has 0 amide bonds. The number of rotatable bonds is 3. The van der Waals surface area contributed by atoms with Gasteiger partial charge in [0.1, 0.15) is 5.82 Å². The molecule has 0 bridgehead atoms. The fourth-order valence-corrected chi connectivity index (χ4v) is 2.22. The van der Waals surface area contributed by atoms with Crippen LogP contribution in [-0.2, 0) is 28.8 Å². The van der Waals surface area contributed by atoms with Crippen LogP contribution in [0.2, 0.25) is 0 Å². The molecule has 1 aromatic rings. The first-order chi connectivity index (χ1) is 9.32. The van der Waals surface area contributed by atoms with E-state index in [0.717, 1.165) is 4.57 Å². The molecule has 0 saturated carbocycles. The highest BCUT2D eigenvalue weighted by Crippen LogP contribution is 2.29. The summed E-state index contributed by atoms with van der Waals surface area (Å²) in [5.41, 5.74) is 0. The van der Waals surface area contributed by atoms with E-state index >= 15 is 0 Å². The van der Waals surface area contributed by atoms with Crippen molar-refractivity contribution >= 4 is 5.97 Å². The maximum Gasteiger partial charge on any atom is 0.451 e. The van der Waals surface area contributed by atoms with Crippen LogP contribution < -0.4 is 0 Å². The molecule has 1 aromatic heterocycles. The van der Waals surface area contributed by atoms with Crippen LogP contribution in [0.5, 0.6) is 0 Å². The van der Waals surface area contributed by atoms with Gasteiger partial charge in [-0.2, -0.15) is 13.2 Å². The van der Waals surface area contributed by atoms with Gasteiger partial charge in [-0.1, -0.05) is 0 Å². The topological polar surface area (TPSA) is 60.2 Å². The molecule has 2 heterocycles. The van der Waals surface area contributed by atoms with E-state index in [1.807, 2.05) is 11.8 Å². The average molecular weight is 292 g/mol. The van der Waals surface area contributed by atoms with E-state index in [4.69, 9.17) is 0 Å². The molecule has 1 unspecified atom stereocenters. The van der Waals surface area contributed by atoms with Crippen molar-refractivity contribution in [3.8, 4) is 0 Å². The van der Waals surface area contributed by atoms with Crippen LogP contribution in [0.4, 0.5) is 13.2 Å². The number of carbonyl (C=O) groups excluding carboxylic acids is 1. The summed E-state index contributed by atoms with van der Waals surface area (Å²) in [6, 6.07) is -0.123. The molecule has 0 aliphatic carbocycles. The summed E-state index contributed by atoms with van der Waals surface area (Å²) in [4.78, 5) is 13.1. The fourth-order valence-electron chi connectivity index (χ4n) is 2.22. The Labute approximate surface area is 113 Å². The summed E-state index contributed by atoms with van der Waals surface area (Å²) in [6.45, 7) is 2.63. The third kappa shape index (κ3) is 2.92. The number of carbonyl (C=O) groups is 1. The summed E-state index contributed by atoms with van der Waals surface area (Å²) in [6.07, 6.45) is -4.30. The standard InChI is InChI=1S/C11H15F3N4O2/c1-7(5-9(19)20-2)17-3-4-18-8(6-17)15-16-10(18)11(12,13)14/h7H,3-6H2,1-2H3. The summed E-state index contributed by atoms with van der Waals surface area (Å²) in [5.74, 6) is -1.05. The van der Waals surface area contributed by atoms with Crippen molar-refractivity contribution in [2.45, 2.75) is 38.7 Å². The van der Waals surface area contributed by atoms with Gasteiger partial charge in [0, 0.05) is 19.1 Å². The molecule has 2 rings (SSSR count). The number of fused-ring (bicyclic) bond motifs is 1. The first-order valence-corrected chi connectivity index (χ1v) is 6.13. The molecule has 0 saturated heterocycles. The van der Waals surface area contributed by atoms with Gasteiger partial charge in [-0.3, -0.25) is 9.69 Å². The highest BCUT2D eigenvalue weighted by molar-refractivity contribution is 5.69. The van der Waals surface area contributed by atoms with Gasteiger partial charge in [0.2, 0.25) is 5.82 Å². The number of hydrogen-bond donors (Lipinski definition) is 0. The molecule has 0 spiro atoms. The maximum absolute atomic E-state index is 12.7. The SMILES string of the molecule is COC(=O)CC(C)N1CCn2c(nnc2C(F)(F)F)C1. The predicted molar refractivity (Wildman–Crippen MR) is 61.5 cm³/mol. The zero-order valence-corrected chi connectivity index (χ0v) is 11.1. The Morgan fingerprint density at radius 1 is 1.40 bits per heavy atom. The average Bonchev–Trinajstić information content (AvgIpc) is 2.80. The van der Waals surface area contributed by atoms with Crippen molar-refractivity contribution in [2.75, 3.05) is 13.7 Å². The molecule has 0 aromatic carbocycles. The predicted octanol–water partition coefficient (Wildman–Crippen LogP) is 1.06. The van der Waals surface area contributed by atoms with Crippen molar-refractivity contribution in [1.29, 1.82) is 0 Å². The first-order valence-electron chi connectivity index (χ1n) is 6.13. The van der Waals surface area contributed by atoms with Crippen LogP contribution in [-0.4, -0.2) is 45.3 Å². The number of nitrogens with zero attached hydrogens (tertiary/aromatic N) is 4. The third-order valence-electron chi connectivity index (χ3n) is 3.35. The van der Waals surface area contributed by atoms with Gasteiger partial charge in [-0.15, -0.1) is 10.2 Å². The highest BCUT2D eigenvalue weighted by Gasteiger charge is 2.39. The van der Waals surface area contributed by atoms with Gasteiger partial charge in [0.15, 0.2) is 0 Å². The van der Waals surface area contributed by atoms with Gasteiger partial charge in [-0.25, -0.2) is 0 Å². The minimum atomic E-state index is -4.49. The third-order valence-corrected chi connectivity index (χ3v) is 3.35. The van der Waals surface area contributed by atoms with Crippen LogP contribution >= 0.6 is 0 Å². The maximum atomic E-state index is 12.7. The Bertz CT molecular complexity index is 500. The van der Waals surface area contributed by atoms with Gasteiger partial charge in [0.05, 0.1) is 20.1 Å². The van der Waals surface area contributed by atoms with Gasteiger partial charge < -0.3 is 9.30 Å². The number of hydrogen-bond acceptors (Lipinski definition) is 5. The molecule has 1 aliphatic rings. The lowest BCUT2D eigenvalue weighted by Gasteiger charge is -2.32. The first kappa shape index (κ1) is 14.8. The quantitative estimate of drug-likeness (QED) is 0.780. The van der Waals surface area contributed by atoms with Crippen molar-refractivity contribution in [2.24, 2.45) is 0 Å². The second-order valence-corrected chi connectivity index (χ2v) is 4.69. The van der Waals surface area contributed by atoms with Crippen molar-refractivity contribution < 1.29 is 22.7 Å². The zero-order valence-electron chi connectivity index (χ0n) is 11.1. The molecule has 9 heteroatoms. The molecule has 0 N–H and O–H groups in total. The Morgan fingerprint density at radius 3 is 2.70 bits per heavy atom. The number of halogens is 3. The monoisotopic (exact) mass is 292 g/mol. The van der Waals surface area contributed by atoms with Gasteiger partial charge >= 0.3 is 12.1 Å². The minimum Gasteiger partial charge on any atom is -0.469 e. The van der Waals surface area contributed by atoms with Crippen LogP contribution in [0.3, 0.4) is 0 Å². The second kappa shape index (κ2) is 5.39. The molecular formula is C11H15F3N4O2. The van der Waals surface area contributed by atoms with Crippen LogP contribution in [0.15, 0.2) is 0 Å². The number of ether oxygens (including phenoxy) is 1. The Kier molecular flexibility index (Phi) is 3.98. The number of alkyl halides is 3. The fraction of sp³-hybridized carbons (Fsp3) is 0.727. The van der Waals surface area contributed by atoms with Crippen molar-refractivity contribution in [1.82, 2.24) is 19.7 Å². The van der Waals surface area contributed by atoms with Crippen LogP contribution in [0.25, 0.3) is 0 Å². The Hall–Kier alpha value is -1.64. The lowest BCUT2D eigenvalue weighted by molar-refractivity contribution is -0.148. The van der Waals surface area contributed by atoms with E-state index in [9.17, 15) is 18.0 Å². The number of esters is 1. The number of aromatic nitrogens is 3. The van der Waals surface area contributed by atoms with E-state index in [2.05, 4.69) is 14.9 Å². The van der Waals surface area contributed by atoms with E-state index < -0.39 is 12.0 Å². The van der Waals surface area contributed by atoms with E-state index in [-0.39, 0.29) is 37.3 Å². The van der Waals surface area contributed by atoms with Crippen molar-refractivity contribution in [3.63, 3.8) is 0 Å². The largest absolute Gasteiger partial charge is 0.469 e. The van der Waals surface area contributed by atoms with E-state index in [1.165, 1.54) is 7.11 Å². The summed E-state index contributed by atoms with van der Waals surface area (Å²) >= 11 is 0. The second-order valence-electron chi connectivity index (χ2n) is 4.69. The Morgan fingerprint density at radius 2 is 2.10 bits per heavy atom. The van der Waals surface area contributed by atoms with E-state index in [1.54, 1.807) is 0 Å². The molecule has 0 radical (unpaired) electrons. The molecular weight excluding hydrogens is 277 g/mol. The lowest BCUT2D eigenvalue weighted by atomic mass is 10.2. The van der Waals surface area contributed by atoms with Crippen LogP contribution in [0, 0.1) is 0 Å². The summed E-state index contributed by atoms with van der Waals surface area (Å²) in [5, 5.41) is 6.80. The summed E-state index contributed by atoms with van der Waals surface area (Å²) < 4.78 is 43.7. The molecule has 20 heavy (non-hydrogen) atoms. The van der Waals surface area contributed by atoms with Gasteiger partial charge in [0.25, 0.3) is 0 Å². The van der Waals surface area contributed by atoms with Gasteiger partial charge in [-0.05, 0) is 6.92 Å².